The lowest BCUT2D eigenvalue weighted by Gasteiger charge is -2.14. The van der Waals surface area contributed by atoms with Gasteiger partial charge in [0.2, 0.25) is 0 Å². The van der Waals surface area contributed by atoms with Gasteiger partial charge >= 0.3 is 12.0 Å². The van der Waals surface area contributed by atoms with Crippen LogP contribution < -0.4 is 10.6 Å². The first-order valence-corrected chi connectivity index (χ1v) is 4.38. The van der Waals surface area contributed by atoms with Gasteiger partial charge in [-0.1, -0.05) is 6.08 Å². The van der Waals surface area contributed by atoms with Gasteiger partial charge in [-0.15, -0.1) is 6.58 Å². The molecule has 0 aromatic rings. The molecule has 0 fully saturated rings. The Kier molecular flexibility index (Phi) is 5.36. The average Bonchev–Trinajstić information content (AvgIpc) is 2.03. The number of rotatable bonds is 5. The fourth-order valence-electron chi connectivity index (χ4n) is 0.833. The van der Waals surface area contributed by atoms with Gasteiger partial charge in [-0.05, 0) is 20.3 Å². The van der Waals surface area contributed by atoms with E-state index in [9.17, 15) is 9.59 Å². The number of hydrogen-bond acceptors (Lipinski definition) is 2. The minimum Gasteiger partial charge on any atom is -0.480 e. The molecule has 14 heavy (non-hydrogen) atoms. The smallest absolute Gasteiger partial charge is 0.325 e. The number of hydrogen-bond donors (Lipinski definition) is 3. The van der Waals surface area contributed by atoms with Crippen molar-refractivity contribution in [2.75, 3.05) is 0 Å². The number of carbonyl (C=O) groups is 2. The second-order valence-electron chi connectivity index (χ2n) is 3.10. The summed E-state index contributed by atoms with van der Waals surface area (Å²) in [6.07, 6.45) is 2.33. The van der Waals surface area contributed by atoms with Crippen LogP contribution in [0.25, 0.3) is 0 Å². The molecule has 80 valence electrons. The van der Waals surface area contributed by atoms with Crippen LogP contribution in [-0.2, 0) is 4.79 Å². The highest BCUT2D eigenvalue weighted by Gasteiger charge is 2.14. The van der Waals surface area contributed by atoms with Gasteiger partial charge in [0.1, 0.15) is 6.04 Å². The van der Waals surface area contributed by atoms with E-state index in [2.05, 4.69) is 17.2 Å². The highest BCUT2D eigenvalue weighted by atomic mass is 16.4. The van der Waals surface area contributed by atoms with Gasteiger partial charge in [0.15, 0.2) is 0 Å². The lowest BCUT2D eigenvalue weighted by molar-refractivity contribution is -0.138. The molecule has 0 heterocycles. The zero-order valence-corrected chi connectivity index (χ0v) is 8.41. The number of amides is 2. The quantitative estimate of drug-likeness (QED) is 0.572. The third kappa shape index (κ3) is 5.18. The van der Waals surface area contributed by atoms with E-state index in [0.29, 0.717) is 6.42 Å². The molecule has 0 aromatic carbocycles. The fourth-order valence-corrected chi connectivity index (χ4v) is 0.833. The van der Waals surface area contributed by atoms with Crippen molar-refractivity contribution in [1.29, 1.82) is 0 Å². The van der Waals surface area contributed by atoms with Crippen molar-refractivity contribution in [2.45, 2.75) is 32.4 Å². The van der Waals surface area contributed by atoms with Crippen LogP contribution in [0.5, 0.6) is 0 Å². The molecular formula is C9H16N2O3. The second kappa shape index (κ2) is 6.01. The van der Waals surface area contributed by atoms with Crippen LogP contribution in [0, 0.1) is 0 Å². The van der Waals surface area contributed by atoms with E-state index in [0.717, 1.165) is 0 Å². The maximum absolute atomic E-state index is 11.1. The van der Waals surface area contributed by atoms with Crippen molar-refractivity contribution in [3.8, 4) is 0 Å². The van der Waals surface area contributed by atoms with Gasteiger partial charge in [-0.2, -0.15) is 0 Å². The van der Waals surface area contributed by atoms with Crippen LogP contribution >= 0.6 is 0 Å². The van der Waals surface area contributed by atoms with Gasteiger partial charge in [0, 0.05) is 6.04 Å². The summed E-state index contributed by atoms with van der Waals surface area (Å²) >= 11 is 0. The molecule has 3 N–H and O–H groups in total. The Balaban J connectivity index is 3.86. The van der Waals surface area contributed by atoms with E-state index in [1.54, 1.807) is 6.08 Å². The largest absolute Gasteiger partial charge is 0.480 e. The van der Waals surface area contributed by atoms with Gasteiger partial charge in [0.25, 0.3) is 0 Å². The van der Waals surface area contributed by atoms with E-state index in [1.807, 2.05) is 6.92 Å². The molecule has 0 aliphatic rings. The number of aliphatic carboxylic acids is 1. The Morgan fingerprint density at radius 3 is 2.43 bits per heavy atom. The number of carboxylic acid groups (broad SMARTS) is 1. The molecule has 0 saturated carbocycles. The maximum atomic E-state index is 11.1. The van der Waals surface area contributed by atoms with E-state index in [-0.39, 0.29) is 6.04 Å². The van der Waals surface area contributed by atoms with Crippen molar-refractivity contribution in [2.24, 2.45) is 0 Å². The highest BCUT2D eigenvalue weighted by molar-refractivity contribution is 5.82. The number of carboxylic acids is 1. The van der Waals surface area contributed by atoms with Crippen LogP contribution in [0.3, 0.4) is 0 Å². The van der Waals surface area contributed by atoms with Crippen LogP contribution in [0.15, 0.2) is 12.7 Å². The molecule has 2 amide bonds. The minimum absolute atomic E-state index is 0.0477. The summed E-state index contributed by atoms with van der Waals surface area (Å²) in [4.78, 5) is 21.5. The average molecular weight is 200 g/mol. The number of nitrogens with one attached hydrogen (secondary N) is 2. The maximum Gasteiger partial charge on any atom is 0.325 e. The first-order chi connectivity index (χ1) is 6.47. The summed E-state index contributed by atoms with van der Waals surface area (Å²) in [5.74, 6) is -1.06. The van der Waals surface area contributed by atoms with Gasteiger partial charge in [-0.3, -0.25) is 4.79 Å². The summed E-state index contributed by atoms with van der Waals surface area (Å²) in [7, 11) is 0. The Morgan fingerprint density at radius 1 is 1.43 bits per heavy atom. The molecule has 0 bridgehead atoms. The molecule has 0 spiro atoms. The van der Waals surface area contributed by atoms with E-state index in [1.165, 1.54) is 6.92 Å². The van der Waals surface area contributed by atoms with E-state index < -0.39 is 18.0 Å². The second-order valence-corrected chi connectivity index (χ2v) is 3.10. The molecule has 5 nitrogen and oxygen atoms in total. The van der Waals surface area contributed by atoms with Gasteiger partial charge in [0.05, 0.1) is 0 Å². The molecule has 0 radical (unpaired) electrons. The molecule has 5 heteroatoms. The molecule has 2 atom stereocenters. The number of urea groups is 1. The third-order valence-corrected chi connectivity index (χ3v) is 1.62. The summed E-state index contributed by atoms with van der Waals surface area (Å²) < 4.78 is 0. The Morgan fingerprint density at radius 2 is 2.00 bits per heavy atom. The van der Waals surface area contributed by atoms with Crippen LogP contribution in [0.1, 0.15) is 20.3 Å². The van der Waals surface area contributed by atoms with Crippen LogP contribution in [-0.4, -0.2) is 29.2 Å². The first kappa shape index (κ1) is 12.5. The van der Waals surface area contributed by atoms with Crippen molar-refractivity contribution in [1.82, 2.24) is 10.6 Å². The predicted molar refractivity (Wildman–Crippen MR) is 53.0 cm³/mol. The Hall–Kier alpha value is -1.52. The van der Waals surface area contributed by atoms with Crippen molar-refractivity contribution in [3.05, 3.63) is 12.7 Å². The third-order valence-electron chi connectivity index (χ3n) is 1.62. The van der Waals surface area contributed by atoms with E-state index >= 15 is 0 Å². The Labute approximate surface area is 83.2 Å². The zero-order chi connectivity index (χ0) is 11.1. The van der Waals surface area contributed by atoms with Crippen LogP contribution in [0.2, 0.25) is 0 Å². The lowest BCUT2D eigenvalue weighted by Crippen LogP contribution is -2.47. The molecule has 0 aliphatic carbocycles. The SMILES string of the molecule is C=CCC(C)NC(=O)NC(C)C(=O)O. The fraction of sp³-hybridized carbons (Fsp3) is 0.556. The molecule has 0 saturated heterocycles. The minimum atomic E-state index is -1.06. The van der Waals surface area contributed by atoms with Crippen molar-refractivity contribution >= 4 is 12.0 Å². The zero-order valence-electron chi connectivity index (χ0n) is 8.41. The summed E-state index contributed by atoms with van der Waals surface area (Å²) in [5, 5.41) is 13.4. The van der Waals surface area contributed by atoms with E-state index in [4.69, 9.17) is 5.11 Å². The molecule has 0 aliphatic heterocycles. The molecule has 2 unspecified atom stereocenters. The normalized spacial score (nSPS) is 13.9. The summed E-state index contributed by atoms with van der Waals surface area (Å²) in [6.45, 7) is 6.75. The standard InChI is InChI=1S/C9H16N2O3/c1-4-5-6(2)10-9(14)11-7(3)8(12)13/h4,6-7H,1,5H2,2-3H3,(H,12,13)(H2,10,11,14). The summed E-state index contributed by atoms with van der Waals surface area (Å²) in [5.41, 5.74) is 0. The lowest BCUT2D eigenvalue weighted by atomic mass is 10.2. The van der Waals surface area contributed by atoms with Crippen LogP contribution in [0.4, 0.5) is 4.79 Å². The topological polar surface area (TPSA) is 78.4 Å². The summed E-state index contributed by atoms with van der Waals surface area (Å²) in [6, 6.07) is -1.41. The molecular weight excluding hydrogens is 184 g/mol. The molecule has 0 aromatic heterocycles. The molecule has 0 rings (SSSR count). The van der Waals surface area contributed by atoms with Crippen molar-refractivity contribution in [3.63, 3.8) is 0 Å². The highest BCUT2D eigenvalue weighted by Crippen LogP contribution is 1.90. The van der Waals surface area contributed by atoms with Gasteiger partial charge in [-0.25, -0.2) is 4.79 Å². The Bertz CT molecular complexity index is 228. The van der Waals surface area contributed by atoms with Crippen molar-refractivity contribution < 1.29 is 14.7 Å². The monoisotopic (exact) mass is 200 g/mol. The first-order valence-electron chi connectivity index (χ1n) is 4.38. The number of carbonyl (C=O) groups excluding carboxylic acids is 1. The predicted octanol–water partition coefficient (Wildman–Crippen LogP) is 0.723. The van der Waals surface area contributed by atoms with Gasteiger partial charge < -0.3 is 15.7 Å².